The van der Waals surface area contributed by atoms with Crippen LogP contribution in [0.5, 0.6) is 0 Å². The molecule has 0 aliphatic carbocycles. The summed E-state index contributed by atoms with van der Waals surface area (Å²) >= 11 is 0. The van der Waals surface area contributed by atoms with Gasteiger partial charge < -0.3 is 10.6 Å². The van der Waals surface area contributed by atoms with Crippen molar-refractivity contribution in [2.45, 2.75) is 0 Å². The molecule has 0 saturated heterocycles. The van der Waals surface area contributed by atoms with Crippen molar-refractivity contribution in [3.63, 3.8) is 0 Å². The van der Waals surface area contributed by atoms with E-state index >= 15 is 0 Å². The average molecular weight is 413 g/mol. The minimum Gasteiger partial charge on any atom is -0.322 e. The minimum absolute atomic E-state index is 0.0162. The fourth-order valence-corrected chi connectivity index (χ4v) is 2.70. The maximum Gasteiger partial charge on any atom is 0.292 e. The number of nitro groups is 1. The highest BCUT2D eigenvalue weighted by Gasteiger charge is 2.16. The van der Waals surface area contributed by atoms with E-state index in [1.54, 1.807) is 12.2 Å². The van der Waals surface area contributed by atoms with Crippen molar-refractivity contribution < 1.29 is 14.5 Å². The summed E-state index contributed by atoms with van der Waals surface area (Å²) in [6.07, 6.45) is 5.89. The zero-order chi connectivity index (χ0) is 22.1. The van der Waals surface area contributed by atoms with Crippen LogP contribution in [0.15, 0.2) is 91.0 Å². The monoisotopic (exact) mass is 413 g/mol. The number of nitrogens with zero attached hydrogens (tertiary/aromatic N) is 1. The first-order valence-corrected chi connectivity index (χ1v) is 9.38. The molecule has 0 aliphatic heterocycles. The number of anilines is 2. The molecule has 7 nitrogen and oxygen atoms in total. The van der Waals surface area contributed by atoms with Gasteiger partial charge >= 0.3 is 0 Å². The summed E-state index contributed by atoms with van der Waals surface area (Å²) in [7, 11) is 0. The molecule has 0 unspecified atom stereocenters. The van der Waals surface area contributed by atoms with Gasteiger partial charge in [0.05, 0.1) is 4.92 Å². The number of nitrogens with one attached hydrogen (secondary N) is 2. The molecule has 0 aliphatic rings. The summed E-state index contributed by atoms with van der Waals surface area (Å²) in [5.41, 5.74) is 1.70. The molecule has 0 radical (unpaired) electrons. The Morgan fingerprint density at radius 3 is 1.77 bits per heavy atom. The fourth-order valence-electron chi connectivity index (χ4n) is 2.70. The summed E-state index contributed by atoms with van der Waals surface area (Å²) in [5, 5.41) is 16.4. The lowest BCUT2D eigenvalue weighted by Crippen LogP contribution is -2.12. The second-order valence-corrected chi connectivity index (χ2v) is 6.46. The third kappa shape index (κ3) is 6.50. The quantitative estimate of drug-likeness (QED) is 0.327. The Hall–Kier alpha value is -4.52. The van der Waals surface area contributed by atoms with Crippen LogP contribution in [0.25, 0.3) is 12.2 Å². The van der Waals surface area contributed by atoms with Crippen LogP contribution < -0.4 is 10.6 Å². The Morgan fingerprint density at radius 2 is 1.26 bits per heavy atom. The van der Waals surface area contributed by atoms with Gasteiger partial charge in [-0.2, -0.15) is 0 Å². The molecular weight excluding hydrogens is 394 g/mol. The molecule has 3 aromatic carbocycles. The minimum atomic E-state index is -0.600. The maximum atomic E-state index is 12.2. The highest BCUT2D eigenvalue weighted by molar-refractivity contribution is 6.05. The molecule has 2 amide bonds. The predicted molar refractivity (Wildman–Crippen MR) is 121 cm³/mol. The van der Waals surface area contributed by atoms with Gasteiger partial charge in [-0.1, -0.05) is 60.7 Å². The smallest absolute Gasteiger partial charge is 0.292 e. The average Bonchev–Trinajstić information content (AvgIpc) is 2.78. The first-order chi connectivity index (χ1) is 15.0. The van der Waals surface area contributed by atoms with Gasteiger partial charge in [0.1, 0.15) is 5.69 Å². The van der Waals surface area contributed by atoms with E-state index in [9.17, 15) is 19.7 Å². The Balaban J connectivity index is 1.72. The molecule has 0 aromatic heterocycles. The molecule has 0 saturated carbocycles. The zero-order valence-electron chi connectivity index (χ0n) is 16.4. The Kier molecular flexibility index (Phi) is 7.05. The number of rotatable bonds is 7. The SMILES string of the molecule is O=C(/C=C/c1ccccc1)Nc1ccc([N+](=O)[O-])c(NC(=O)/C=C/c2ccccc2)c1. The van der Waals surface area contributed by atoms with Gasteiger partial charge in [-0.3, -0.25) is 19.7 Å². The molecular formula is C24H19N3O4. The van der Waals surface area contributed by atoms with Crippen LogP contribution >= 0.6 is 0 Å². The van der Waals surface area contributed by atoms with E-state index in [1.807, 2.05) is 60.7 Å². The van der Waals surface area contributed by atoms with E-state index in [4.69, 9.17) is 0 Å². The molecule has 0 fully saturated rings. The van der Waals surface area contributed by atoms with Crippen molar-refractivity contribution in [1.82, 2.24) is 0 Å². The molecule has 0 spiro atoms. The van der Waals surface area contributed by atoms with Gasteiger partial charge in [-0.05, 0) is 35.4 Å². The van der Waals surface area contributed by atoms with E-state index in [1.165, 1.54) is 30.4 Å². The lowest BCUT2D eigenvalue weighted by molar-refractivity contribution is -0.383. The Bertz CT molecular complexity index is 1140. The molecule has 31 heavy (non-hydrogen) atoms. The third-order valence-electron chi connectivity index (χ3n) is 4.17. The van der Waals surface area contributed by atoms with Crippen LogP contribution in [0.1, 0.15) is 11.1 Å². The normalized spacial score (nSPS) is 10.8. The lowest BCUT2D eigenvalue weighted by atomic mass is 10.2. The van der Waals surface area contributed by atoms with Crippen molar-refractivity contribution in [2.24, 2.45) is 0 Å². The second-order valence-electron chi connectivity index (χ2n) is 6.46. The predicted octanol–water partition coefficient (Wildman–Crippen LogP) is 4.90. The van der Waals surface area contributed by atoms with Crippen LogP contribution in [0, 0.1) is 10.1 Å². The lowest BCUT2D eigenvalue weighted by Gasteiger charge is -2.07. The number of amides is 2. The second kappa shape index (κ2) is 10.3. The van der Waals surface area contributed by atoms with Gasteiger partial charge in [0.25, 0.3) is 5.69 Å². The molecule has 3 aromatic rings. The Morgan fingerprint density at radius 1 is 0.742 bits per heavy atom. The van der Waals surface area contributed by atoms with Crippen LogP contribution in [0.2, 0.25) is 0 Å². The molecule has 0 bridgehead atoms. The summed E-state index contributed by atoms with van der Waals surface area (Å²) in [6, 6.07) is 22.4. The van der Waals surface area contributed by atoms with Crippen LogP contribution in [0.3, 0.4) is 0 Å². The summed E-state index contributed by atoms with van der Waals surface area (Å²) in [6.45, 7) is 0. The van der Waals surface area contributed by atoms with E-state index in [0.29, 0.717) is 5.69 Å². The first kappa shape index (κ1) is 21.2. The van der Waals surface area contributed by atoms with E-state index < -0.39 is 16.7 Å². The number of benzene rings is 3. The summed E-state index contributed by atoms with van der Waals surface area (Å²) in [5.74, 6) is -0.932. The zero-order valence-corrected chi connectivity index (χ0v) is 16.4. The number of carbonyl (C=O) groups is 2. The van der Waals surface area contributed by atoms with Crippen molar-refractivity contribution in [3.8, 4) is 0 Å². The van der Waals surface area contributed by atoms with Gasteiger partial charge in [0.2, 0.25) is 11.8 Å². The Labute approximate surface area is 178 Å². The number of hydrogen-bond donors (Lipinski definition) is 2. The first-order valence-electron chi connectivity index (χ1n) is 9.38. The van der Waals surface area contributed by atoms with E-state index in [2.05, 4.69) is 10.6 Å². The van der Waals surface area contributed by atoms with Crippen LogP contribution in [0.4, 0.5) is 17.1 Å². The van der Waals surface area contributed by atoms with Crippen molar-refractivity contribution in [1.29, 1.82) is 0 Å². The van der Waals surface area contributed by atoms with E-state index in [0.717, 1.165) is 11.1 Å². The van der Waals surface area contributed by atoms with Crippen molar-refractivity contribution in [3.05, 3.63) is 112 Å². The van der Waals surface area contributed by atoms with E-state index in [-0.39, 0.29) is 11.4 Å². The van der Waals surface area contributed by atoms with Crippen molar-refractivity contribution in [2.75, 3.05) is 10.6 Å². The van der Waals surface area contributed by atoms with Gasteiger partial charge in [0.15, 0.2) is 0 Å². The van der Waals surface area contributed by atoms with Gasteiger partial charge in [-0.25, -0.2) is 0 Å². The summed E-state index contributed by atoms with van der Waals surface area (Å²) < 4.78 is 0. The van der Waals surface area contributed by atoms with Gasteiger partial charge in [0, 0.05) is 23.9 Å². The standard InChI is InChI=1S/C24H19N3O4/c28-23(15-11-18-7-3-1-4-8-18)25-20-13-14-22(27(30)31)21(17-20)26-24(29)16-12-19-9-5-2-6-10-19/h1-17H,(H,25,28)(H,26,29)/b15-11+,16-12+. The van der Waals surface area contributed by atoms with Gasteiger partial charge in [-0.15, -0.1) is 0 Å². The largest absolute Gasteiger partial charge is 0.322 e. The molecule has 2 N–H and O–H groups in total. The number of hydrogen-bond acceptors (Lipinski definition) is 4. The van der Waals surface area contributed by atoms with Crippen molar-refractivity contribution >= 4 is 41.0 Å². The highest BCUT2D eigenvalue weighted by atomic mass is 16.6. The molecule has 7 heteroatoms. The molecule has 0 heterocycles. The van der Waals surface area contributed by atoms with Crippen LogP contribution in [-0.4, -0.2) is 16.7 Å². The number of carbonyl (C=O) groups excluding carboxylic acids is 2. The van der Waals surface area contributed by atoms with Crippen LogP contribution in [-0.2, 0) is 9.59 Å². The topological polar surface area (TPSA) is 101 Å². The molecule has 3 rings (SSSR count). The summed E-state index contributed by atoms with van der Waals surface area (Å²) in [4.78, 5) is 35.1. The fraction of sp³-hybridized carbons (Fsp3) is 0. The highest BCUT2D eigenvalue weighted by Crippen LogP contribution is 2.28. The maximum absolute atomic E-state index is 12.2. The molecule has 154 valence electrons. The molecule has 0 atom stereocenters. The number of nitro benzene ring substituents is 1. The third-order valence-corrected chi connectivity index (χ3v) is 4.17.